The molecule has 6 nitrogen and oxygen atoms in total. The number of amides is 1. The second-order valence-corrected chi connectivity index (χ2v) is 8.00. The van der Waals surface area contributed by atoms with Gasteiger partial charge in [0.05, 0.1) is 5.75 Å². The first kappa shape index (κ1) is 22.2. The van der Waals surface area contributed by atoms with Gasteiger partial charge in [-0.25, -0.2) is 9.00 Å². The Morgan fingerprint density at radius 3 is 2.63 bits per heavy atom. The quantitative estimate of drug-likeness (QED) is 0.587. The Balaban J connectivity index is 1.83. The zero-order valence-corrected chi connectivity index (χ0v) is 17.0. The van der Waals surface area contributed by atoms with Crippen LogP contribution >= 0.6 is 0 Å². The van der Waals surface area contributed by atoms with Crippen LogP contribution in [0, 0.1) is 0 Å². The number of benzene rings is 2. The highest BCUT2D eigenvalue weighted by atomic mass is 32.2. The molecule has 0 heterocycles. The fraction of sp³-hybridized carbons (Fsp3) is 0.381. The average molecular weight is 439 g/mol. The second kappa shape index (κ2) is 10.5. The maximum absolute atomic E-state index is 12.8. The van der Waals surface area contributed by atoms with Crippen molar-refractivity contribution in [3.8, 4) is 22.6 Å². The van der Waals surface area contributed by atoms with Gasteiger partial charge in [0.25, 0.3) is 0 Å². The third-order valence-electron chi connectivity index (χ3n) is 4.83. The number of nitrogens with one attached hydrogen (secondary N) is 1. The van der Waals surface area contributed by atoms with Crippen molar-refractivity contribution in [2.45, 2.75) is 50.5 Å². The SMILES string of the molecule is O=C(NC1CCCCC1)Oc1ccc(OC(F)F)c(-c2cccc(CS(=O)O)c2)c1. The number of hydrogen-bond acceptors (Lipinski definition) is 4. The van der Waals surface area contributed by atoms with E-state index in [2.05, 4.69) is 10.1 Å². The fourth-order valence-electron chi connectivity index (χ4n) is 3.52. The molecule has 2 aromatic carbocycles. The lowest BCUT2D eigenvalue weighted by atomic mass is 9.96. The van der Waals surface area contributed by atoms with Crippen molar-refractivity contribution in [1.82, 2.24) is 5.32 Å². The van der Waals surface area contributed by atoms with Crippen LogP contribution in [0.4, 0.5) is 13.6 Å². The minimum absolute atomic E-state index is 0.0724. The average Bonchev–Trinajstić information content (AvgIpc) is 2.69. The first-order valence-corrected chi connectivity index (χ1v) is 10.9. The van der Waals surface area contributed by atoms with Gasteiger partial charge in [-0.2, -0.15) is 8.78 Å². The summed E-state index contributed by atoms with van der Waals surface area (Å²) in [5.74, 6) is -0.0119. The molecule has 30 heavy (non-hydrogen) atoms. The third kappa shape index (κ3) is 6.50. The number of ether oxygens (including phenoxy) is 2. The van der Waals surface area contributed by atoms with Gasteiger partial charge in [-0.05, 0) is 48.2 Å². The lowest BCUT2D eigenvalue weighted by Gasteiger charge is -2.22. The zero-order chi connectivity index (χ0) is 21.5. The molecular formula is C21H23F2NO5S. The van der Waals surface area contributed by atoms with Gasteiger partial charge in [0.2, 0.25) is 0 Å². The summed E-state index contributed by atoms with van der Waals surface area (Å²) in [5, 5.41) is 2.83. The van der Waals surface area contributed by atoms with Gasteiger partial charge in [0.15, 0.2) is 11.1 Å². The molecular weight excluding hydrogens is 416 g/mol. The fourth-order valence-corrected chi connectivity index (χ4v) is 3.98. The lowest BCUT2D eigenvalue weighted by molar-refractivity contribution is -0.0494. The summed E-state index contributed by atoms with van der Waals surface area (Å²) < 4.78 is 55.8. The molecule has 0 aromatic heterocycles. The van der Waals surface area contributed by atoms with E-state index in [-0.39, 0.29) is 28.9 Å². The largest absolute Gasteiger partial charge is 0.434 e. The third-order valence-corrected chi connectivity index (χ3v) is 5.41. The van der Waals surface area contributed by atoms with Crippen LogP contribution in [0.25, 0.3) is 11.1 Å². The molecule has 1 fully saturated rings. The standard InChI is InChI=1S/C21H23F2NO5S/c22-20(23)29-19-10-9-17(28-21(25)24-16-7-2-1-3-8-16)12-18(19)15-6-4-5-14(11-15)13-30(26)27/h4-6,9-12,16,20H,1-3,7-8,13H2,(H,24,25)(H,26,27). The molecule has 162 valence electrons. The van der Waals surface area contributed by atoms with E-state index in [1.807, 2.05) is 0 Å². The van der Waals surface area contributed by atoms with E-state index in [0.717, 1.165) is 32.1 Å². The predicted molar refractivity (Wildman–Crippen MR) is 109 cm³/mol. The van der Waals surface area contributed by atoms with Crippen LogP contribution in [0.5, 0.6) is 11.5 Å². The number of rotatable bonds is 7. The number of carbonyl (C=O) groups is 1. The number of halogens is 2. The molecule has 0 spiro atoms. The van der Waals surface area contributed by atoms with E-state index in [0.29, 0.717) is 11.1 Å². The lowest BCUT2D eigenvalue weighted by Crippen LogP contribution is -2.38. The van der Waals surface area contributed by atoms with E-state index in [9.17, 15) is 17.8 Å². The van der Waals surface area contributed by atoms with Crippen molar-refractivity contribution in [3.63, 3.8) is 0 Å². The monoisotopic (exact) mass is 439 g/mol. The van der Waals surface area contributed by atoms with Gasteiger partial charge in [-0.3, -0.25) is 0 Å². The highest BCUT2D eigenvalue weighted by Crippen LogP contribution is 2.35. The van der Waals surface area contributed by atoms with E-state index in [1.54, 1.807) is 24.3 Å². The molecule has 1 aliphatic carbocycles. The minimum Gasteiger partial charge on any atom is -0.434 e. The first-order valence-electron chi connectivity index (χ1n) is 9.64. The van der Waals surface area contributed by atoms with E-state index >= 15 is 0 Å². The first-order chi connectivity index (χ1) is 14.4. The zero-order valence-electron chi connectivity index (χ0n) is 16.2. The number of alkyl halides is 2. The molecule has 9 heteroatoms. The van der Waals surface area contributed by atoms with Crippen LogP contribution in [0.15, 0.2) is 42.5 Å². The molecule has 0 bridgehead atoms. The summed E-state index contributed by atoms with van der Waals surface area (Å²) >= 11 is -2.04. The summed E-state index contributed by atoms with van der Waals surface area (Å²) in [6.07, 6.45) is 4.49. The van der Waals surface area contributed by atoms with Crippen molar-refractivity contribution < 1.29 is 31.8 Å². The van der Waals surface area contributed by atoms with E-state index in [1.165, 1.54) is 18.2 Å². The van der Waals surface area contributed by atoms with Crippen molar-refractivity contribution >= 4 is 17.2 Å². The molecule has 3 rings (SSSR count). The molecule has 1 atom stereocenters. The van der Waals surface area contributed by atoms with Gasteiger partial charge in [-0.15, -0.1) is 0 Å². The summed E-state index contributed by atoms with van der Waals surface area (Å²) in [6, 6.07) is 10.8. The van der Waals surface area contributed by atoms with Gasteiger partial charge in [-0.1, -0.05) is 37.5 Å². The van der Waals surface area contributed by atoms with Crippen LogP contribution in [0.1, 0.15) is 37.7 Å². The molecule has 0 aliphatic heterocycles. The molecule has 1 aliphatic rings. The van der Waals surface area contributed by atoms with Crippen molar-refractivity contribution in [2.24, 2.45) is 0 Å². The van der Waals surface area contributed by atoms with E-state index < -0.39 is 23.8 Å². The van der Waals surface area contributed by atoms with Gasteiger partial charge in [0, 0.05) is 11.6 Å². The van der Waals surface area contributed by atoms with Gasteiger partial charge in [0.1, 0.15) is 11.5 Å². The smallest absolute Gasteiger partial charge is 0.412 e. The number of hydrogen-bond donors (Lipinski definition) is 2. The Kier molecular flexibility index (Phi) is 7.75. The summed E-state index contributed by atoms with van der Waals surface area (Å²) in [6.45, 7) is -3.03. The normalized spacial score (nSPS) is 15.6. The molecule has 1 unspecified atom stereocenters. The summed E-state index contributed by atoms with van der Waals surface area (Å²) in [4.78, 5) is 12.2. The van der Waals surface area contributed by atoms with Crippen LogP contribution in [0.2, 0.25) is 0 Å². The Labute approximate surface area is 175 Å². The highest BCUT2D eigenvalue weighted by Gasteiger charge is 2.18. The summed E-state index contributed by atoms with van der Waals surface area (Å²) in [7, 11) is 0. The van der Waals surface area contributed by atoms with Crippen LogP contribution in [-0.4, -0.2) is 27.5 Å². The molecule has 0 saturated heterocycles. The van der Waals surface area contributed by atoms with Crippen molar-refractivity contribution in [3.05, 3.63) is 48.0 Å². The topological polar surface area (TPSA) is 84.9 Å². The highest BCUT2D eigenvalue weighted by molar-refractivity contribution is 7.78. The van der Waals surface area contributed by atoms with Crippen LogP contribution in [-0.2, 0) is 16.8 Å². The Bertz CT molecular complexity index is 903. The van der Waals surface area contributed by atoms with Crippen molar-refractivity contribution in [1.29, 1.82) is 0 Å². The van der Waals surface area contributed by atoms with Gasteiger partial charge >= 0.3 is 12.7 Å². The predicted octanol–water partition coefficient (Wildman–Crippen LogP) is 5.10. The van der Waals surface area contributed by atoms with E-state index in [4.69, 9.17) is 9.29 Å². The van der Waals surface area contributed by atoms with Crippen LogP contribution < -0.4 is 14.8 Å². The van der Waals surface area contributed by atoms with Crippen molar-refractivity contribution in [2.75, 3.05) is 0 Å². The molecule has 1 amide bonds. The second-order valence-electron chi connectivity index (χ2n) is 7.07. The number of carbonyl (C=O) groups excluding carboxylic acids is 1. The maximum atomic E-state index is 12.8. The molecule has 0 radical (unpaired) electrons. The Morgan fingerprint density at radius 1 is 1.17 bits per heavy atom. The Hall–Kier alpha value is -2.52. The van der Waals surface area contributed by atoms with Gasteiger partial charge < -0.3 is 19.3 Å². The minimum atomic E-state index is -3.03. The molecule has 2 N–H and O–H groups in total. The maximum Gasteiger partial charge on any atom is 0.412 e. The van der Waals surface area contributed by atoms with Crippen LogP contribution in [0.3, 0.4) is 0 Å². The Morgan fingerprint density at radius 2 is 1.93 bits per heavy atom. The molecule has 2 aromatic rings. The summed E-state index contributed by atoms with van der Waals surface area (Å²) in [5.41, 5.74) is 1.33. The molecule has 1 saturated carbocycles.